The third kappa shape index (κ3) is 4.60. The van der Waals surface area contributed by atoms with E-state index in [1.54, 1.807) is 31.3 Å². The number of benzene rings is 2. The number of β-lactam (4-membered cyclic amide) rings is 1. The Hall–Kier alpha value is -3.26. The van der Waals surface area contributed by atoms with Gasteiger partial charge in [0, 0.05) is 24.7 Å². The van der Waals surface area contributed by atoms with Gasteiger partial charge in [0.05, 0.1) is 20.3 Å². The Labute approximate surface area is 169 Å². The van der Waals surface area contributed by atoms with Crippen molar-refractivity contribution in [3.05, 3.63) is 59.7 Å². The Morgan fingerprint density at radius 2 is 1.90 bits per heavy atom. The van der Waals surface area contributed by atoms with E-state index in [9.17, 15) is 9.59 Å². The minimum atomic E-state index is -0.701. The molecule has 0 saturated carbocycles. The van der Waals surface area contributed by atoms with Crippen molar-refractivity contribution < 1.29 is 23.8 Å². The molecule has 1 aliphatic rings. The van der Waals surface area contributed by atoms with E-state index in [1.165, 1.54) is 0 Å². The molecule has 0 aliphatic carbocycles. The normalized spacial score (nSPS) is 18.0. The van der Waals surface area contributed by atoms with E-state index in [4.69, 9.17) is 19.9 Å². The van der Waals surface area contributed by atoms with Gasteiger partial charge in [-0.2, -0.15) is 0 Å². The molecular weight excluding hydrogens is 374 g/mol. The number of carbonyl (C=O) groups excluding carboxylic acids is 2. The third-order valence-electron chi connectivity index (χ3n) is 4.90. The second kappa shape index (κ2) is 9.29. The van der Waals surface area contributed by atoms with E-state index < -0.39 is 12.1 Å². The number of rotatable bonds is 8. The summed E-state index contributed by atoms with van der Waals surface area (Å²) >= 11 is 0. The number of nitrogens with zero attached hydrogens (tertiary/aromatic N) is 1. The number of nitrogens with one attached hydrogen (secondary N) is 1. The van der Waals surface area contributed by atoms with Gasteiger partial charge in [-0.15, -0.1) is 0 Å². The zero-order chi connectivity index (χ0) is 20.8. The molecule has 2 aromatic rings. The molecule has 8 heteroatoms. The van der Waals surface area contributed by atoms with Gasteiger partial charge in [-0.1, -0.05) is 30.3 Å². The molecule has 29 heavy (non-hydrogen) atoms. The van der Waals surface area contributed by atoms with E-state index in [0.29, 0.717) is 18.0 Å². The maximum atomic E-state index is 12.6. The molecule has 0 bridgehead atoms. The standard InChI is InChI=1S/C21H25N3O5/c1-27-16-9-8-15(18(10-16)28-2)12-24-17(11-22)19(20(24)25)23-21(26)29-13-14-6-4-3-5-7-14/h3-10,17,19H,11-13,22H2,1-2H3,(H,23,26)/t17-,19+/m0/s1. The molecule has 1 saturated heterocycles. The van der Waals surface area contributed by atoms with E-state index in [2.05, 4.69) is 5.32 Å². The van der Waals surface area contributed by atoms with Crippen LogP contribution < -0.4 is 20.5 Å². The Balaban J connectivity index is 1.59. The third-order valence-corrected chi connectivity index (χ3v) is 4.90. The molecule has 3 N–H and O–H groups in total. The highest BCUT2D eigenvalue weighted by molar-refractivity contribution is 5.92. The van der Waals surface area contributed by atoms with Crippen molar-refractivity contribution in [1.82, 2.24) is 10.2 Å². The number of hydrogen-bond donors (Lipinski definition) is 2. The summed E-state index contributed by atoms with van der Waals surface area (Å²) < 4.78 is 15.8. The number of amides is 2. The Kier molecular flexibility index (Phi) is 6.56. The van der Waals surface area contributed by atoms with E-state index in [-0.39, 0.29) is 25.1 Å². The Bertz CT molecular complexity index is 859. The summed E-state index contributed by atoms with van der Waals surface area (Å²) in [7, 11) is 3.13. The molecule has 0 aromatic heterocycles. The summed E-state index contributed by atoms with van der Waals surface area (Å²) in [6.45, 7) is 0.673. The van der Waals surface area contributed by atoms with Crippen molar-refractivity contribution >= 4 is 12.0 Å². The van der Waals surface area contributed by atoms with Gasteiger partial charge in [-0.25, -0.2) is 4.79 Å². The number of ether oxygens (including phenoxy) is 3. The molecule has 1 heterocycles. The minimum Gasteiger partial charge on any atom is -0.497 e. The smallest absolute Gasteiger partial charge is 0.408 e. The van der Waals surface area contributed by atoms with Gasteiger partial charge in [0.15, 0.2) is 0 Å². The van der Waals surface area contributed by atoms with Crippen LogP contribution in [0.5, 0.6) is 11.5 Å². The fourth-order valence-corrected chi connectivity index (χ4v) is 3.28. The van der Waals surface area contributed by atoms with Crippen molar-refractivity contribution in [2.24, 2.45) is 5.73 Å². The molecule has 8 nitrogen and oxygen atoms in total. The number of methoxy groups -OCH3 is 2. The topological polar surface area (TPSA) is 103 Å². The SMILES string of the molecule is COc1ccc(CN2C(=O)[C@H](NC(=O)OCc3ccccc3)[C@@H]2CN)c(OC)c1. The van der Waals surface area contributed by atoms with Crippen LogP contribution in [0.25, 0.3) is 0 Å². The summed E-state index contributed by atoms with van der Waals surface area (Å²) in [4.78, 5) is 26.3. The second-order valence-corrected chi connectivity index (χ2v) is 6.63. The zero-order valence-corrected chi connectivity index (χ0v) is 16.5. The monoisotopic (exact) mass is 399 g/mol. The van der Waals surface area contributed by atoms with Crippen LogP contribution in [0.3, 0.4) is 0 Å². The molecular formula is C21H25N3O5. The fourth-order valence-electron chi connectivity index (χ4n) is 3.28. The van der Waals surface area contributed by atoms with Gasteiger partial charge in [0.2, 0.25) is 5.91 Å². The van der Waals surface area contributed by atoms with Crippen LogP contribution >= 0.6 is 0 Å². The fraction of sp³-hybridized carbons (Fsp3) is 0.333. The van der Waals surface area contributed by atoms with Gasteiger partial charge in [-0.05, 0) is 17.7 Å². The number of nitrogens with two attached hydrogens (primary N) is 1. The molecule has 2 amide bonds. The van der Waals surface area contributed by atoms with Crippen molar-refractivity contribution in [3.8, 4) is 11.5 Å². The maximum Gasteiger partial charge on any atom is 0.408 e. The predicted octanol–water partition coefficient (Wildman–Crippen LogP) is 1.67. The highest BCUT2D eigenvalue weighted by Gasteiger charge is 2.47. The number of likely N-dealkylation sites (tertiary alicyclic amines) is 1. The van der Waals surface area contributed by atoms with Crippen molar-refractivity contribution in [2.45, 2.75) is 25.2 Å². The van der Waals surface area contributed by atoms with Gasteiger partial charge in [0.25, 0.3) is 0 Å². The lowest BCUT2D eigenvalue weighted by Crippen LogP contribution is -2.72. The van der Waals surface area contributed by atoms with Crippen molar-refractivity contribution in [2.75, 3.05) is 20.8 Å². The van der Waals surface area contributed by atoms with Crippen LogP contribution in [-0.2, 0) is 22.7 Å². The average molecular weight is 399 g/mol. The van der Waals surface area contributed by atoms with Crippen LogP contribution in [0.1, 0.15) is 11.1 Å². The lowest BCUT2D eigenvalue weighted by molar-refractivity contribution is -0.151. The summed E-state index contributed by atoms with van der Waals surface area (Å²) in [6, 6.07) is 13.7. The number of alkyl carbamates (subject to hydrolysis) is 1. The van der Waals surface area contributed by atoms with Crippen LogP contribution in [0.15, 0.2) is 48.5 Å². The molecule has 2 atom stereocenters. The van der Waals surface area contributed by atoms with Gasteiger partial charge in [0.1, 0.15) is 24.1 Å². The Morgan fingerprint density at radius 1 is 1.14 bits per heavy atom. The molecule has 2 aromatic carbocycles. The first kappa shape index (κ1) is 20.5. The van der Waals surface area contributed by atoms with Gasteiger partial charge in [-0.3, -0.25) is 4.79 Å². The summed E-state index contributed by atoms with van der Waals surface area (Å²) in [5.74, 6) is 1.07. The van der Waals surface area contributed by atoms with Gasteiger partial charge < -0.3 is 30.2 Å². The highest BCUT2D eigenvalue weighted by Crippen LogP contribution is 2.29. The minimum absolute atomic E-state index is 0.133. The first-order valence-corrected chi connectivity index (χ1v) is 9.26. The lowest BCUT2D eigenvalue weighted by atomic mass is 9.94. The summed E-state index contributed by atoms with van der Waals surface area (Å²) in [5, 5.41) is 2.62. The predicted molar refractivity (Wildman–Crippen MR) is 106 cm³/mol. The Morgan fingerprint density at radius 3 is 2.55 bits per heavy atom. The molecule has 0 radical (unpaired) electrons. The van der Waals surface area contributed by atoms with E-state index in [1.807, 2.05) is 36.4 Å². The number of hydrogen-bond acceptors (Lipinski definition) is 6. The quantitative estimate of drug-likeness (QED) is 0.655. The van der Waals surface area contributed by atoms with Crippen LogP contribution in [-0.4, -0.2) is 49.7 Å². The summed E-state index contributed by atoms with van der Waals surface area (Å²) in [5.41, 5.74) is 7.54. The zero-order valence-electron chi connectivity index (χ0n) is 16.5. The molecule has 0 unspecified atom stereocenters. The molecule has 3 rings (SSSR count). The van der Waals surface area contributed by atoms with E-state index in [0.717, 1.165) is 11.1 Å². The second-order valence-electron chi connectivity index (χ2n) is 6.63. The van der Waals surface area contributed by atoms with Crippen LogP contribution in [0.4, 0.5) is 4.79 Å². The maximum absolute atomic E-state index is 12.6. The van der Waals surface area contributed by atoms with Crippen molar-refractivity contribution in [3.63, 3.8) is 0 Å². The van der Waals surface area contributed by atoms with Gasteiger partial charge >= 0.3 is 6.09 Å². The molecule has 1 aliphatic heterocycles. The summed E-state index contributed by atoms with van der Waals surface area (Å²) in [6.07, 6.45) is -0.646. The van der Waals surface area contributed by atoms with E-state index >= 15 is 0 Å². The lowest BCUT2D eigenvalue weighted by Gasteiger charge is -2.46. The average Bonchev–Trinajstić information content (AvgIpc) is 2.77. The first-order chi connectivity index (χ1) is 14.1. The largest absolute Gasteiger partial charge is 0.497 e. The van der Waals surface area contributed by atoms with Crippen molar-refractivity contribution in [1.29, 1.82) is 0 Å². The molecule has 1 fully saturated rings. The number of carbonyl (C=O) groups is 2. The van der Waals surface area contributed by atoms with Crippen LogP contribution in [0.2, 0.25) is 0 Å². The van der Waals surface area contributed by atoms with Crippen LogP contribution in [0, 0.1) is 0 Å². The molecule has 0 spiro atoms. The highest BCUT2D eigenvalue weighted by atomic mass is 16.5. The molecule has 154 valence electrons. The first-order valence-electron chi connectivity index (χ1n) is 9.26.